The highest BCUT2D eigenvalue weighted by atomic mass is 35.5. The SMILES string of the molecule is O=C(CCN1CCN(Cc2ccccc2)CC1)c1ccc(-n2cnc(Cl)c2Cl)cc1. The molecule has 1 aromatic heterocycles. The third kappa shape index (κ3) is 5.10. The Morgan fingerprint density at radius 3 is 2.20 bits per heavy atom. The molecule has 0 saturated carbocycles. The van der Waals surface area contributed by atoms with Crippen LogP contribution in [0.3, 0.4) is 0 Å². The second-order valence-corrected chi connectivity index (χ2v) is 8.24. The number of rotatable bonds is 7. The maximum Gasteiger partial charge on any atom is 0.166 e. The van der Waals surface area contributed by atoms with Crippen LogP contribution in [0.4, 0.5) is 0 Å². The van der Waals surface area contributed by atoms with E-state index in [9.17, 15) is 4.79 Å². The number of carbonyl (C=O) groups is 1. The fourth-order valence-corrected chi connectivity index (χ4v) is 4.04. The molecule has 4 rings (SSSR count). The minimum Gasteiger partial charge on any atom is -0.300 e. The van der Waals surface area contributed by atoms with E-state index in [2.05, 4.69) is 45.1 Å². The summed E-state index contributed by atoms with van der Waals surface area (Å²) in [5, 5.41) is 0.628. The van der Waals surface area contributed by atoms with Crippen LogP contribution in [0.5, 0.6) is 0 Å². The van der Waals surface area contributed by atoms with Crippen molar-refractivity contribution in [2.75, 3.05) is 32.7 Å². The number of benzene rings is 2. The maximum atomic E-state index is 12.6. The zero-order valence-electron chi connectivity index (χ0n) is 16.7. The molecule has 30 heavy (non-hydrogen) atoms. The van der Waals surface area contributed by atoms with Gasteiger partial charge in [0, 0.05) is 56.9 Å². The number of piperazine rings is 1. The average molecular weight is 443 g/mol. The Labute approximate surface area is 186 Å². The van der Waals surface area contributed by atoms with Crippen LogP contribution in [-0.4, -0.2) is 57.9 Å². The van der Waals surface area contributed by atoms with Crippen molar-refractivity contribution < 1.29 is 4.79 Å². The first-order valence-corrected chi connectivity index (χ1v) is 10.9. The molecule has 0 bridgehead atoms. The molecule has 1 aliphatic rings. The number of nitrogens with zero attached hydrogens (tertiary/aromatic N) is 4. The van der Waals surface area contributed by atoms with Gasteiger partial charge in [0.2, 0.25) is 0 Å². The average Bonchev–Trinajstić information content (AvgIpc) is 3.12. The molecule has 3 aromatic rings. The van der Waals surface area contributed by atoms with E-state index in [0.29, 0.717) is 17.1 Å². The summed E-state index contributed by atoms with van der Waals surface area (Å²) in [4.78, 5) is 21.4. The number of Topliss-reactive ketones (excluding diaryl/α,β-unsaturated/α-hetero) is 1. The summed E-state index contributed by atoms with van der Waals surface area (Å²) in [6.45, 7) is 5.85. The highest BCUT2D eigenvalue weighted by Crippen LogP contribution is 2.24. The highest BCUT2D eigenvalue weighted by molar-refractivity contribution is 6.40. The van der Waals surface area contributed by atoms with Gasteiger partial charge in [-0.05, 0) is 29.8 Å². The molecule has 0 aliphatic carbocycles. The van der Waals surface area contributed by atoms with Gasteiger partial charge < -0.3 is 4.90 Å². The molecule has 156 valence electrons. The monoisotopic (exact) mass is 442 g/mol. The molecule has 0 radical (unpaired) electrons. The zero-order chi connectivity index (χ0) is 20.9. The summed E-state index contributed by atoms with van der Waals surface area (Å²) in [6, 6.07) is 18.0. The minimum atomic E-state index is 0.156. The Kier molecular flexibility index (Phi) is 6.85. The normalized spacial score (nSPS) is 15.4. The third-order valence-corrected chi connectivity index (χ3v) is 6.24. The number of aromatic nitrogens is 2. The summed E-state index contributed by atoms with van der Waals surface area (Å²) in [5.74, 6) is 0.156. The third-order valence-electron chi connectivity index (χ3n) is 5.50. The van der Waals surface area contributed by atoms with Gasteiger partial charge in [-0.3, -0.25) is 14.3 Å². The molecule has 0 spiro atoms. The topological polar surface area (TPSA) is 41.4 Å². The predicted molar refractivity (Wildman–Crippen MR) is 121 cm³/mol. The van der Waals surface area contributed by atoms with Crippen molar-refractivity contribution in [2.24, 2.45) is 0 Å². The molecule has 0 N–H and O–H groups in total. The Hall–Kier alpha value is -2.18. The van der Waals surface area contributed by atoms with Gasteiger partial charge in [-0.15, -0.1) is 0 Å². The van der Waals surface area contributed by atoms with Gasteiger partial charge in [0.15, 0.2) is 16.1 Å². The van der Waals surface area contributed by atoms with Crippen molar-refractivity contribution in [3.05, 3.63) is 82.4 Å². The van der Waals surface area contributed by atoms with Gasteiger partial charge in [0.1, 0.15) is 6.33 Å². The van der Waals surface area contributed by atoms with E-state index in [1.54, 1.807) is 10.9 Å². The summed E-state index contributed by atoms with van der Waals surface area (Å²) in [5.41, 5.74) is 2.89. The van der Waals surface area contributed by atoms with Crippen molar-refractivity contribution >= 4 is 29.0 Å². The molecular weight excluding hydrogens is 419 g/mol. The first-order valence-electron chi connectivity index (χ1n) is 10.1. The number of imidazole rings is 1. The summed E-state index contributed by atoms with van der Waals surface area (Å²) in [7, 11) is 0. The van der Waals surface area contributed by atoms with Gasteiger partial charge in [-0.1, -0.05) is 53.5 Å². The predicted octanol–water partition coefficient (Wildman–Crippen LogP) is 4.57. The van der Waals surface area contributed by atoms with Crippen LogP contribution in [0.2, 0.25) is 10.3 Å². The van der Waals surface area contributed by atoms with Crippen LogP contribution in [0.1, 0.15) is 22.3 Å². The molecule has 1 fully saturated rings. The van der Waals surface area contributed by atoms with E-state index in [0.717, 1.165) is 45.0 Å². The lowest BCUT2D eigenvalue weighted by Gasteiger charge is -2.34. The van der Waals surface area contributed by atoms with Gasteiger partial charge in [-0.2, -0.15) is 0 Å². The standard InChI is InChI=1S/C23H24Cl2N4O/c24-22-23(25)29(17-26-22)20-8-6-19(7-9-20)21(30)10-11-27-12-14-28(15-13-27)16-18-4-2-1-3-5-18/h1-9,17H,10-16H2. The van der Waals surface area contributed by atoms with E-state index in [4.69, 9.17) is 23.2 Å². The van der Waals surface area contributed by atoms with E-state index in [1.807, 2.05) is 24.3 Å². The Morgan fingerprint density at radius 2 is 1.57 bits per heavy atom. The van der Waals surface area contributed by atoms with Crippen LogP contribution >= 0.6 is 23.2 Å². The number of hydrogen-bond donors (Lipinski definition) is 0. The number of ketones is 1. The highest BCUT2D eigenvalue weighted by Gasteiger charge is 2.18. The lowest BCUT2D eigenvalue weighted by molar-refractivity contribution is 0.0922. The lowest BCUT2D eigenvalue weighted by atomic mass is 10.1. The molecule has 0 amide bonds. The van der Waals surface area contributed by atoms with Crippen LogP contribution in [0.25, 0.3) is 5.69 Å². The molecule has 0 atom stereocenters. The quantitative estimate of drug-likeness (QED) is 0.502. The second kappa shape index (κ2) is 9.75. The van der Waals surface area contributed by atoms with Crippen LogP contribution in [0.15, 0.2) is 60.9 Å². The van der Waals surface area contributed by atoms with Crippen LogP contribution < -0.4 is 0 Å². The number of halogens is 2. The van der Waals surface area contributed by atoms with E-state index in [-0.39, 0.29) is 10.9 Å². The molecule has 5 nitrogen and oxygen atoms in total. The molecule has 1 saturated heterocycles. The summed E-state index contributed by atoms with van der Waals surface area (Å²) in [6.07, 6.45) is 2.09. The zero-order valence-corrected chi connectivity index (χ0v) is 18.2. The molecule has 2 aromatic carbocycles. The molecule has 2 heterocycles. The minimum absolute atomic E-state index is 0.156. The van der Waals surface area contributed by atoms with Crippen molar-refractivity contribution in [3.63, 3.8) is 0 Å². The van der Waals surface area contributed by atoms with Crippen molar-refractivity contribution in [1.82, 2.24) is 19.4 Å². The Morgan fingerprint density at radius 1 is 0.900 bits per heavy atom. The number of carbonyl (C=O) groups excluding carboxylic acids is 1. The fourth-order valence-electron chi connectivity index (χ4n) is 3.72. The van der Waals surface area contributed by atoms with Crippen molar-refractivity contribution in [3.8, 4) is 5.69 Å². The van der Waals surface area contributed by atoms with Gasteiger partial charge in [0.05, 0.1) is 0 Å². The first kappa shape index (κ1) is 21.1. The van der Waals surface area contributed by atoms with Crippen molar-refractivity contribution in [1.29, 1.82) is 0 Å². The van der Waals surface area contributed by atoms with E-state index in [1.165, 1.54) is 5.56 Å². The van der Waals surface area contributed by atoms with Gasteiger partial charge in [0.25, 0.3) is 0 Å². The Balaban J connectivity index is 1.24. The first-order chi connectivity index (χ1) is 14.6. The van der Waals surface area contributed by atoms with Crippen LogP contribution in [0, 0.1) is 0 Å². The summed E-state index contributed by atoms with van der Waals surface area (Å²) < 4.78 is 1.69. The lowest BCUT2D eigenvalue weighted by Crippen LogP contribution is -2.46. The fraction of sp³-hybridized carbons (Fsp3) is 0.304. The Bertz CT molecular complexity index is 980. The van der Waals surface area contributed by atoms with Crippen molar-refractivity contribution in [2.45, 2.75) is 13.0 Å². The largest absolute Gasteiger partial charge is 0.300 e. The molecule has 1 aliphatic heterocycles. The number of hydrogen-bond acceptors (Lipinski definition) is 4. The second-order valence-electron chi connectivity index (χ2n) is 7.52. The molecule has 0 unspecified atom stereocenters. The summed E-state index contributed by atoms with van der Waals surface area (Å²) >= 11 is 12.0. The van der Waals surface area contributed by atoms with Gasteiger partial charge >= 0.3 is 0 Å². The van der Waals surface area contributed by atoms with Gasteiger partial charge in [-0.25, -0.2) is 4.98 Å². The smallest absolute Gasteiger partial charge is 0.166 e. The van der Waals surface area contributed by atoms with E-state index < -0.39 is 0 Å². The van der Waals surface area contributed by atoms with E-state index >= 15 is 0 Å². The molecule has 7 heteroatoms. The van der Waals surface area contributed by atoms with Crippen LogP contribution in [-0.2, 0) is 6.54 Å². The maximum absolute atomic E-state index is 12.6. The molecular formula is C23H24Cl2N4O.